The molecule has 3 rings (SSSR count). The van der Waals surface area contributed by atoms with Gasteiger partial charge in [-0.1, -0.05) is 23.1 Å². The standard InChI is InChI=1S/C12H11N7OS2/c1-8(22-12-18-15-7-21-12)11(20)17-9-2-3-10(14-4-9)19-6-13-5-16-19/h2-8H,1H3,(H,17,20). The number of aromatic nitrogens is 6. The zero-order valence-corrected chi connectivity index (χ0v) is 13.1. The molecule has 0 aliphatic heterocycles. The maximum Gasteiger partial charge on any atom is 0.237 e. The van der Waals surface area contributed by atoms with Gasteiger partial charge in [-0.05, 0) is 19.1 Å². The van der Waals surface area contributed by atoms with Crippen molar-refractivity contribution in [1.82, 2.24) is 29.9 Å². The van der Waals surface area contributed by atoms with Gasteiger partial charge < -0.3 is 5.32 Å². The number of hydrogen-bond donors (Lipinski definition) is 1. The molecule has 0 radical (unpaired) electrons. The van der Waals surface area contributed by atoms with Crippen LogP contribution in [0, 0.1) is 0 Å². The topological polar surface area (TPSA) is 98.5 Å². The third-order valence-corrected chi connectivity index (χ3v) is 4.57. The first-order valence-electron chi connectivity index (χ1n) is 6.27. The summed E-state index contributed by atoms with van der Waals surface area (Å²) >= 11 is 2.78. The van der Waals surface area contributed by atoms with Crippen LogP contribution in [0.5, 0.6) is 0 Å². The fourth-order valence-corrected chi connectivity index (χ4v) is 3.21. The van der Waals surface area contributed by atoms with E-state index in [1.807, 2.05) is 6.92 Å². The molecule has 1 amide bonds. The van der Waals surface area contributed by atoms with E-state index in [0.29, 0.717) is 11.5 Å². The highest BCUT2D eigenvalue weighted by Crippen LogP contribution is 2.24. The van der Waals surface area contributed by atoms with Crippen LogP contribution in [0.3, 0.4) is 0 Å². The molecule has 0 fully saturated rings. The molecule has 1 N–H and O–H groups in total. The van der Waals surface area contributed by atoms with Gasteiger partial charge in [-0.2, -0.15) is 5.10 Å². The summed E-state index contributed by atoms with van der Waals surface area (Å²) < 4.78 is 2.31. The first-order valence-corrected chi connectivity index (χ1v) is 8.03. The van der Waals surface area contributed by atoms with Crippen molar-refractivity contribution >= 4 is 34.7 Å². The highest BCUT2D eigenvalue weighted by molar-refractivity contribution is 8.02. The Hall–Kier alpha value is -2.33. The quantitative estimate of drug-likeness (QED) is 0.709. The molecule has 3 aromatic heterocycles. The average Bonchev–Trinajstić information content (AvgIpc) is 3.21. The number of carbonyl (C=O) groups is 1. The molecule has 8 nitrogen and oxygen atoms in total. The van der Waals surface area contributed by atoms with Crippen molar-refractivity contribution in [2.24, 2.45) is 0 Å². The number of nitrogens with one attached hydrogen (secondary N) is 1. The van der Waals surface area contributed by atoms with Gasteiger partial charge in [0.25, 0.3) is 0 Å². The van der Waals surface area contributed by atoms with Crippen LogP contribution in [-0.4, -0.2) is 41.1 Å². The summed E-state index contributed by atoms with van der Waals surface area (Å²) in [7, 11) is 0. The van der Waals surface area contributed by atoms with Crippen molar-refractivity contribution in [3.05, 3.63) is 36.5 Å². The van der Waals surface area contributed by atoms with Crippen molar-refractivity contribution in [3.8, 4) is 5.82 Å². The molecule has 3 heterocycles. The van der Waals surface area contributed by atoms with E-state index in [1.165, 1.54) is 29.4 Å². The lowest BCUT2D eigenvalue weighted by Crippen LogP contribution is -2.22. The Kier molecular flexibility index (Phi) is 4.39. The Morgan fingerprint density at radius 1 is 1.45 bits per heavy atom. The number of pyridine rings is 1. The summed E-state index contributed by atoms with van der Waals surface area (Å²) in [6.45, 7) is 1.82. The van der Waals surface area contributed by atoms with Crippen molar-refractivity contribution in [3.63, 3.8) is 0 Å². The normalized spacial score (nSPS) is 12.0. The van der Waals surface area contributed by atoms with Crippen LogP contribution in [0.2, 0.25) is 0 Å². The first-order chi connectivity index (χ1) is 10.7. The summed E-state index contributed by atoms with van der Waals surface area (Å²) in [5.41, 5.74) is 2.26. The number of amides is 1. The second kappa shape index (κ2) is 6.62. The molecule has 10 heteroatoms. The molecular formula is C12H11N7OS2. The molecule has 1 atom stereocenters. The molecule has 3 aromatic rings. The maximum absolute atomic E-state index is 12.1. The maximum atomic E-state index is 12.1. The van der Waals surface area contributed by atoms with E-state index in [9.17, 15) is 4.79 Å². The van der Waals surface area contributed by atoms with Crippen LogP contribution >= 0.6 is 23.1 Å². The second-order valence-electron chi connectivity index (χ2n) is 4.20. The van der Waals surface area contributed by atoms with Crippen LogP contribution in [0.1, 0.15) is 6.92 Å². The van der Waals surface area contributed by atoms with Crippen molar-refractivity contribution < 1.29 is 4.79 Å². The number of nitrogens with zero attached hydrogens (tertiary/aromatic N) is 6. The lowest BCUT2D eigenvalue weighted by Gasteiger charge is -2.10. The predicted molar refractivity (Wildman–Crippen MR) is 83.0 cm³/mol. The monoisotopic (exact) mass is 333 g/mol. The molecule has 112 valence electrons. The third kappa shape index (κ3) is 3.46. The van der Waals surface area contributed by atoms with Crippen LogP contribution in [0.4, 0.5) is 5.69 Å². The van der Waals surface area contributed by atoms with Gasteiger partial charge in [0.15, 0.2) is 10.2 Å². The summed E-state index contributed by atoms with van der Waals surface area (Å²) in [6, 6.07) is 3.52. The molecule has 0 aliphatic carbocycles. The molecular weight excluding hydrogens is 322 g/mol. The fraction of sp³-hybridized carbons (Fsp3) is 0.167. The first kappa shape index (κ1) is 14.6. The number of rotatable bonds is 5. The molecule has 0 saturated heterocycles. The lowest BCUT2D eigenvalue weighted by molar-refractivity contribution is -0.115. The highest BCUT2D eigenvalue weighted by Gasteiger charge is 2.16. The minimum atomic E-state index is -0.275. The Morgan fingerprint density at radius 2 is 2.36 bits per heavy atom. The van der Waals surface area contributed by atoms with Crippen LogP contribution in [-0.2, 0) is 4.79 Å². The zero-order chi connectivity index (χ0) is 15.4. The Bertz CT molecular complexity index is 727. The van der Waals surface area contributed by atoms with Crippen molar-refractivity contribution in [2.75, 3.05) is 5.32 Å². The van der Waals surface area contributed by atoms with Crippen LogP contribution in [0.15, 0.2) is 40.8 Å². The molecule has 1 unspecified atom stereocenters. The van der Waals surface area contributed by atoms with E-state index >= 15 is 0 Å². The van der Waals surface area contributed by atoms with Gasteiger partial charge in [-0.15, -0.1) is 10.2 Å². The van der Waals surface area contributed by atoms with E-state index in [-0.39, 0.29) is 11.2 Å². The van der Waals surface area contributed by atoms with E-state index in [2.05, 4.69) is 30.6 Å². The van der Waals surface area contributed by atoms with Crippen LogP contribution < -0.4 is 5.32 Å². The van der Waals surface area contributed by atoms with Gasteiger partial charge in [0.05, 0.1) is 17.1 Å². The van der Waals surface area contributed by atoms with E-state index < -0.39 is 0 Å². The van der Waals surface area contributed by atoms with Gasteiger partial charge in [0, 0.05) is 0 Å². The zero-order valence-electron chi connectivity index (χ0n) is 11.4. The molecule has 0 saturated carbocycles. The minimum Gasteiger partial charge on any atom is -0.324 e. The summed E-state index contributed by atoms with van der Waals surface area (Å²) in [6.07, 6.45) is 4.57. The van der Waals surface area contributed by atoms with Crippen molar-refractivity contribution in [2.45, 2.75) is 16.5 Å². The Labute approximate surface area is 134 Å². The second-order valence-corrected chi connectivity index (χ2v) is 6.62. The van der Waals surface area contributed by atoms with Crippen molar-refractivity contribution in [1.29, 1.82) is 0 Å². The number of carbonyl (C=O) groups excluding carboxylic acids is 1. The Morgan fingerprint density at radius 3 is 3.00 bits per heavy atom. The molecule has 0 bridgehead atoms. The predicted octanol–water partition coefficient (Wildman–Crippen LogP) is 1.63. The van der Waals surface area contributed by atoms with Gasteiger partial charge in [0.1, 0.15) is 18.2 Å². The van der Waals surface area contributed by atoms with Crippen LogP contribution in [0.25, 0.3) is 5.82 Å². The van der Waals surface area contributed by atoms with Gasteiger partial charge in [-0.3, -0.25) is 4.79 Å². The lowest BCUT2D eigenvalue weighted by atomic mass is 10.3. The number of thioether (sulfide) groups is 1. The van der Waals surface area contributed by atoms with Gasteiger partial charge >= 0.3 is 0 Å². The largest absolute Gasteiger partial charge is 0.324 e. The summed E-state index contributed by atoms with van der Waals surface area (Å²) in [5, 5.41) is 14.2. The summed E-state index contributed by atoms with van der Waals surface area (Å²) in [4.78, 5) is 20.2. The van der Waals surface area contributed by atoms with E-state index in [0.717, 1.165) is 4.34 Å². The van der Waals surface area contributed by atoms with E-state index in [4.69, 9.17) is 0 Å². The highest BCUT2D eigenvalue weighted by atomic mass is 32.2. The van der Waals surface area contributed by atoms with Gasteiger partial charge in [0.2, 0.25) is 5.91 Å². The smallest absolute Gasteiger partial charge is 0.237 e. The third-order valence-electron chi connectivity index (χ3n) is 2.66. The van der Waals surface area contributed by atoms with E-state index in [1.54, 1.807) is 34.8 Å². The van der Waals surface area contributed by atoms with Gasteiger partial charge in [-0.25, -0.2) is 14.6 Å². The SMILES string of the molecule is CC(Sc1nncs1)C(=O)Nc1ccc(-n2cncn2)nc1. The Balaban J connectivity index is 1.61. The summed E-state index contributed by atoms with van der Waals surface area (Å²) in [5.74, 6) is 0.516. The minimum absolute atomic E-state index is 0.115. The number of anilines is 1. The molecule has 0 aromatic carbocycles. The molecule has 22 heavy (non-hydrogen) atoms. The fourth-order valence-electron chi connectivity index (χ4n) is 1.58. The average molecular weight is 333 g/mol. The molecule has 0 spiro atoms. The molecule has 0 aliphatic rings. The number of hydrogen-bond acceptors (Lipinski definition) is 8.